The maximum absolute atomic E-state index is 15.2. The van der Waals surface area contributed by atoms with E-state index in [1.54, 1.807) is 0 Å². The van der Waals surface area contributed by atoms with Crippen molar-refractivity contribution >= 4 is 21.4 Å². The molecule has 0 radical (unpaired) electrons. The molecule has 0 saturated carbocycles. The molecule has 0 amide bonds. The summed E-state index contributed by atoms with van der Waals surface area (Å²) in [6.07, 6.45) is -0.546. The van der Waals surface area contributed by atoms with Crippen LogP contribution in [-0.4, -0.2) is 27.7 Å². The molecular weight excluding hydrogens is 434 g/mol. The Kier molecular flexibility index (Phi) is 5.15. The summed E-state index contributed by atoms with van der Waals surface area (Å²) in [5.41, 5.74) is -0.692. The van der Waals surface area contributed by atoms with Crippen LogP contribution in [0.5, 0.6) is 5.75 Å². The van der Waals surface area contributed by atoms with E-state index in [-0.39, 0.29) is 35.8 Å². The van der Waals surface area contributed by atoms with Gasteiger partial charge in [0.15, 0.2) is 21.4 Å². The first kappa shape index (κ1) is 21.5. The minimum absolute atomic E-state index is 0.00275. The second kappa shape index (κ2) is 7.18. The number of hydrogen-bond donors (Lipinski definition) is 0. The zero-order valence-electron chi connectivity index (χ0n) is 16.9. The minimum atomic E-state index is -4.17. The van der Waals surface area contributed by atoms with Crippen molar-refractivity contribution in [3.63, 3.8) is 0 Å². The van der Waals surface area contributed by atoms with E-state index in [1.165, 1.54) is 24.3 Å². The quantitative estimate of drug-likeness (QED) is 0.628. The molecule has 2 aliphatic heterocycles. The molecule has 0 N–H and O–H groups in total. The van der Waals surface area contributed by atoms with Crippen LogP contribution in [0.15, 0.2) is 41.3 Å². The fraction of sp³-hybridized carbons (Fsp3) is 0.455. The highest BCUT2D eigenvalue weighted by Gasteiger charge is 2.63. The Hall–Kier alpha value is -1.70. The third kappa shape index (κ3) is 3.05. The highest BCUT2D eigenvalue weighted by atomic mass is 35.5. The molecule has 4 nitrogen and oxygen atoms in total. The minimum Gasteiger partial charge on any atom is -0.490 e. The molecule has 0 spiro atoms. The lowest BCUT2D eigenvalue weighted by atomic mass is 9.69. The van der Waals surface area contributed by atoms with Crippen LogP contribution in [0.4, 0.5) is 8.78 Å². The van der Waals surface area contributed by atoms with Crippen LogP contribution >= 0.6 is 11.6 Å². The van der Waals surface area contributed by atoms with Crippen LogP contribution in [0, 0.1) is 23.0 Å². The molecule has 1 saturated heterocycles. The highest BCUT2D eigenvalue weighted by Crippen LogP contribution is 2.57. The Morgan fingerprint density at radius 2 is 1.70 bits per heavy atom. The number of halogens is 3. The molecule has 2 aromatic carbocycles. The molecule has 162 valence electrons. The standard InChI is InChI=1S/C22H23ClF2O4S/c1-21(2,3)20-15-12-29-19-17(25)9-8-16(24)18(19)22(15,10-11-28-20)30(26,27)14-6-4-13(23)5-7-14/h4-9,15,20H,10-12H2,1-3H3/t15-,20+,22?/m1/s1. The predicted octanol–water partition coefficient (Wildman–Crippen LogP) is 5.13. The van der Waals surface area contributed by atoms with E-state index in [4.69, 9.17) is 21.1 Å². The molecule has 0 aromatic heterocycles. The van der Waals surface area contributed by atoms with Crippen LogP contribution in [-0.2, 0) is 19.3 Å². The number of rotatable bonds is 2. The summed E-state index contributed by atoms with van der Waals surface area (Å²) in [4.78, 5) is 0.00275. The van der Waals surface area contributed by atoms with E-state index < -0.39 is 43.7 Å². The van der Waals surface area contributed by atoms with Gasteiger partial charge in [-0.15, -0.1) is 0 Å². The van der Waals surface area contributed by atoms with Gasteiger partial charge in [-0.3, -0.25) is 0 Å². The number of benzene rings is 2. The van der Waals surface area contributed by atoms with Crippen LogP contribution in [0.2, 0.25) is 5.02 Å². The van der Waals surface area contributed by atoms with Gasteiger partial charge in [-0.2, -0.15) is 0 Å². The largest absolute Gasteiger partial charge is 0.490 e. The first-order valence-electron chi connectivity index (χ1n) is 9.73. The van der Waals surface area contributed by atoms with Crippen molar-refractivity contribution in [3.05, 3.63) is 58.6 Å². The predicted molar refractivity (Wildman–Crippen MR) is 109 cm³/mol. The Bertz CT molecular complexity index is 1080. The normalized spacial score (nSPS) is 26.5. The maximum atomic E-state index is 15.2. The smallest absolute Gasteiger partial charge is 0.189 e. The van der Waals surface area contributed by atoms with E-state index in [1.807, 2.05) is 20.8 Å². The van der Waals surface area contributed by atoms with Crippen molar-refractivity contribution in [1.29, 1.82) is 0 Å². The van der Waals surface area contributed by atoms with E-state index in [0.717, 1.165) is 12.1 Å². The second-order valence-corrected chi connectivity index (χ2v) is 11.5. The fourth-order valence-corrected chi connectivity index (χ4v) is 7.25. The summed E-state index contributed by atoms with van der Waals surface area (Å²) in [6.45, 7) is 5.79. The molecule has 0 bridgehead atoms. The van der Waals surface area contributed by atoms with Crippen molar-refractivity contribution in [2.45, 2.75) is 42.9 Å². The van der Waals surface area contributed by atoms with Crippen LogP contribution in [0.1, 0.15) is 32.8 Å². The summed E-state index contributed by atoms with van der Waals surface area (Å²) in [5.74, 6) is -2.65. The molecule has 0 aliphatic carbocycles. The van der Waals surface area contributed by atoms with Crippen LogP contribution in [0.3, 0.4) is 0 Å². The van der Waals surface area contributed by atoms with Gasteiger partial charge in [0, 0.05) is 17.5 Å². The van der Waals surface area contributed by atoms with Gasteiger partial charge >= 0.3 is 0 Å². The third-order valence-electron chi connectivity index (χ3n) is 6.08. The van der Waals surface area contributed by atoms with Crippen LogP contribution < -0.4 is 4.74 Å². The average molecular weight is 457 g/mol. The van der Waals surface area contributed by atoms with Gasteiger partial charge in [0.05, 0.1) is 23.2 Å². The number of fused-ring (bicyclic) bond motifs is 3. The van der Waals surface area contributed by atoms with Gasteiger partial charge in [-0.1, -0.05) is 32.4 Å². The lowest BCUT2D eigenvalue weighted by Gasteiger charge is -2.53. The molecule has 4 rings (SSSR count). The Morgan fingerprint density at radius 3 is 2.33 bits per heavy atom. The van der Waals surface area contributed by atoms with Crippen molar-refractivity contribution in [2.75, 3.05) is 13.2 Å². The van der Waals surface area contributed by atoms with Gasteiger partial charge in [-0.05, 0) is 48.2 Å². The van der Waals surface area contributed by atoms with Gasteiger partial charge in [0.2, 0.25) is 0 Å². The summed E-state index contributed by atoms with van der Waals surface area (Å²) < 4.78 is 68.0. The van der Waals surface area contributed by atoms with Gasteiger partial charge < -0.3 is 9.47 Å². The third-order valence-corrected chi connectivity index (χ3v) is 8.90. The molecule has 2 heterocycles. The maximum Gasteiger partial charge on any atom is 0.189 e. The summed E-state index contributed by atoms with van der Waals surface area (Å²) in [6, 6.07) is 7.67. The zero-order valence-corrected chi connectivity index (χ0v) is 18.5. The molecule has 2 aromatic rings. The van der Waals surface area contributed by atoms with Gasteiger partial charge in [0.1, 0.15) is 10.6 Å². The zero-order chi connectivity index (χ0) is 21.9. The highest BCUT2D eigenvalue weighted by molar-refractivity contribution is 7.92. The number of hydrogen-bond acceptors (Lipinski definition) is 4. The van der Waals surface area contributed by atoms with E-state index in [9.17, 15) is 12.8 Å². The summed E-state index contributed by atoms with van der Waals surface area (Å²) in [5, 5.41) is 0.382. The first-order valence-corrected chi connectivity index (χ1v) is 11.6. The van der Waals surface area contributed by atoms with Crippen molar-refractivity contribution in [2.24, 2.45) is 11.3 Å². The molecular formula is C22H23ClF2O4S. The SMILES string of the molecule is CC(C)(C)[C@H]1OCCC2(S(=O)(=O)c3ccc(Cl)cc3)c3c(F)ccc(F)c3OC[C@H]12. The fourth-order valence-electron chi connectivity index (χ4n) is 4.80. The second-order valence-electron chi connectivity index (χ2n) is 8.91. The number of ether oxygens (including phenoxy) is 2. The lowest BCUT2D eigenvalue weighted by molar-refractivity contribution is -0.120. The molecule has 30 heavy (non-hydrogen) atoms. The molecule has 2 aliphatic rings. The molecule has 3 atom stereocenters. The van der Waals surface area contributed by atoms with Gasteiger partial charge in [0.25, 0.3) is 0 Å². The number of sulfone groups is 1. The van der Waals surface area contributed by atoms with Crippen molar-refractivity contribution in [1.82, 2.24) is 0 Å². The molecule has 1 fully saturated rings. The first-order chi connectivity index (χ1) is 14.0. The van der Waals surface area contributed by atoms with E-state index in [0.29, 0.717) is 5.02 Å². The Labute approximate surface area is 180 Å². The van der Waals surface area contributed by atoms with Crippen molar-refractivity contribution in [3.8, 4) is 5.75 Å². The lowest BCUT2D eigenvalue weighted by Crippen LogP contribution is -2.60. The topological polar surface area (TPSA) is 52.6 Å². The summed E-state index contributed by atoms with van der Waals surface area (Å²) >= 11 is 5.95. The van der Waals surface area contributed by atoms with Crippen molar-refractivity contribution < 1.29 is 26.7 Å². The Balaban J connectivity index is 2.05. The monoisotopic (exact) mass is 456 g/mol. The Morgan fingerprint density at radius 1 is 1.07 bits per heavy atom. The van der Waals surface area contributed by atoms with Crippen LogP contribution in [0.25, 0.3) is 0 Å². The van der Waals surface area contributed by atoms with E-state index in [2.05, 4.69) is 0 Å². The molecule has 1 unspecified atom stereocenters. The summed E-state index contributed by atoms with van der Waals surface area (Å²) in [7, 11) is -4.17. The van der Waals surface area contributed by atoms with E-state index >= 15 is 4.39 Å². The van der Waals surface area contributed by atoms with Gasteiger partial charge in [-0.25, -0.2) is 17.2 Å². The molecule has 8 heteroatoms. The average Bonchev–Trinajstić information content (AvgIpc) is 2.69.